The first kappa shape index (κ1) is 14.6. The van der Waals surface area contributed by atoms with Crippen LogP contribution in [0.1, 0.15) is 21.8 Å². The zero-order valence-electron chi connectivity index (χ0n) is 10.1. The summed E-state index contributed by atoms with van der Waals surface area (Å²) in [5.41, 5.74) is 0.357. The first-order chi connectivity index (χ1) is 9.51. The molecule has 5 heteroatoms. The molecule has 0 aliphatic carbocycles. The van der Waals surface area contributed by atoms with Gasteiger partial charge in [0.05, 0.1) is 6.07 Å². The standard InChI is InChI=1S/C15H8F2INO/c16-11-5-10(6-12(17)7-11)14(8-19)15(20)9-1-3-13(18)4-2-9/h1-7,14H. The Labute approximate surface area is 128 Å². The number of ketones is 1. The smallest absolute Gasteiger partial charge is 0.184 e. The van der Waals surface area contributed by atoms with Crippen molar-refractivity contribution in [2.45, 2.75) is 5.92 Å². The van der Waals surface area contributed by atoms with Crippen molar-refractivity contribution in [2.24, 2.45) is 0 Å². The largest absolute Gasteiger partial charge is 0.292 e. The van der Waals surface area contributed by atoms with Crippen molar-refractivity contribution < 1.29 is 13.6 Å². The topological polar surface area (TPSA) is 40.9 Å². The number of rotatable bonds is 3. The lowest BCUT2D eigenvalue weighted by molar-refractivity contribution is 0.0979. The Morgan fingerprint density at radius 1 is 1.10 bits per heavy atom. The highest BCUT2D eigenvalue weighted by molar-refractivity contribution is 14.1. The Morgan fingerprint density at radius 2 is 1.65 bits per heavy atom. The molecular formula is C15H8F2INO. The quantitative estimate of drug-likeness (QED) is 0.593. The third kappa shape index (κ3) is 3.20. The summed E-state index contributed by atoms with van der Waals surface area (Å²) >= 11 is 2.09. The minimum Gasteiger partial charge on any atom is -0.292 e. The molecule has 0 aliphatic heterocycles. The van der Waals surface area contributed by atoms with Crippen molar-refractivity contribution in [2.75, 3.05) is 0 Å². The number of nitriles is 1. The van der Waals surface area contributed by atoms with E-state index in [1.165, 1.54) is 0 Å². The maximum absolute atomic E-state index is 13.2. The van der Waals surface area contributed by atoms with Crippen molar-refractivity contribution in [3.8, 4) is 6.07 Å². The van der Waals surface area contributed by atoms with Gasteiger partial charge in [0.25, 0.3) is 0 Å². The Kier molecular flexibility index (Phi) is 4.45. The van der Waals surface area contributed by atoms with Crippen LogP contribution in [0, 0.1) is 26.5 Å². The van der Waals surface area contributed by atoms with Gasteiger partial charge in [0, 0.05) is 15.2 Å². The molecule has 0 fully saturated rings. The van der Waals surface area contributed by atoms with E-state index in [2.05, 4.69) is 22.6 Å². The Hall–Kier alpha value is -1.81. The first-order valence-electron chi connectivity index (χ1n) is 5.66. The van der Waals surface area contributed by atoms with Gasteiger partial charge in [0.2, 0.25) is 0 Å². The zero-order valence-corrected chi connectivity index (χ0v) is 12.3. The van der Waals surface area contributed by atoms with E-state index in [4.69, 9.17) is 5.26 Å². The van der Waals surface area contributed by atoms with Gasteiger partial charge in [-0.3, -0.25) is 4.79 Å². The number of benzene rings is 2. The predicted molar refractivity (Wildman–Crippen MR) is 78.2 cm³/mol. The fourth-order valence-corrected chi connectivity index (χ4v) is 2.17. The fraction of sp³-hybridized carbons (Fsp3) is 0.0667. The van der Waals surface area contributed by atoms with Crippen molar-refractivity contribution in [3.05, 3.63) is 68.8 Å². The van der Waals surface area contributed by atoms with Crippen molar-refractivity contribution in [1.29, 1.82) is 5.26 Å². The van der Waals surface area contributed by atoms with E-state index in [1.807, 2.05) is 0 Å². The molecule has 20 heavy (non-hydrogen) atoms. The third-order valence-corrected chi connectivity index (χ3v) is 3.46. The SMILES string of the molecule is N#CC(C(=O)c1ccc(I)cc1)c1cc(F)cc(F)c1. The average molecular weight is 383 g/mol. The maximum Gasteiger partial charge on any atom is 0.184 e. The number of halogens is 3. The molecule has 0 bridgehead atoms. The molecule has 0 saturated carbocycles. The number of hydrogen-bond donors (Lipinski definition) is 0. The van der Waals surface area contributed by atoms with Gasteiger partial charge in [-0.1, -0.05) is 12.1 Å². The van der Waals surface area contributed by atoms with E-state index in [-0.39, 0.29) is 5.56 Å². The zero-order chi connectivity index (χ0) is 14.7. The van der Waals surface area contributed by atoms with Crippen LogP contribution < -0.4 is 0 Å². The van der Waals surface area contributed by atoms with Crippen LogP contribution in [0.2, 0.25) is 0 Å². The van der Waals surface area contributed by atoms with Gasteiger partial charge in [-0.25, -0.2) is 8.78 Å². The lowest BCUT2D eigenvalue weighted by Crippen LogP contribution is -2.12. The molecule has 2 nitrogen and oxygen atoms in total. The number of Topliss-reactive ketones (excluding diaryl/α,β-unsaturated/α-hetero) is 1. The van der Waals surface area contributed by atoms with E-state index < -0.39 is 23.3 Å². The van der Waals surface area contributed by atoms with E-state index in [1.54, 1.807) is 30.3 Å². The summed E-state index contributed by atoms with van der Waals surface area (Å²) in [5.74, 6) is -3.32. The maximum atomic E-state index is 13.2. The molecule has 0 N–H and O–H groups in total. The van der Waals surface area contributed by atoms with Crippen LogP contribution in [0.25, 0.3) is 0 Å². The molecule has 1 atom stereocenters. The second-order valence-electron chi connectivity index (χ2n) is 4.14. The van der Waals surface area contributed by atoms with Crippen molar-refractivity contribution >= 4 is 28.4 Å². The Bertz CT molecular complexity index is 672. The number of hydrogen-bond acceptors (Lipinski definition) is 2. The average Bonchev–Trinajstić information content (AvgIpc) is 2.39. The predicted octanol–water partition coefficient (Wildman–Crippen LogP) is 4.06. The van der Waals surface area contributed by atoms with Crippen LogP contribution in [0.15, 0.2) is 42.5 Å². The lowest BCUT2D eigenvalue weighted by atomic mass is 9.92. The molecular weight excluding hydrogens is 375 g/mol. The third-order valence-electron chi connectivity index (χ3n) is 2.74. The molecule has 2 rings (SSSR count). The normalized spacial score (nSPS) is 11.7. The highest BCUT2D eigenvalue weighted by Crippen LogP contribution is 2.23. The highest BCUT2D eigenvalue weighted by atomic mass is 127. The minimum absolute atomic E-state index is 0.0218. The molecule has 100 valence electrons. The van der Waals surface area contributed by atoms with E-state index in [0.717, 1.165) is 15.7 Å². The lowest BCUT2D eigenvalue weighted by Gasteiger charge is -2.09. The first-order valence-corrected chi connectivity index (χ1v) is 6.74. The molecule has 0 aliphatic rings. The van der Waals surface area contributed by atoms with Crippen LogP contribution in [0.3, 0.4) is 0 Å². The van der Waals surface area contributed by atoms with E-state index in [0.29, 0.717) is 11.6 Å². The molecule has 0 radical (unpaired) electrons. The van der Waals surface area contributed by atoms with Gasteiger partial charge < -0.3 is 0 Å². The summed E-state index contributed by atoms with van der Waals surface area (Å²) in [4.78, 5) is 12.2. The summed E-state index contributed by atoms with van der Waals surface area (Å²) in [6.07, 6.45) is 0. The van der Waals surface area contributed by atoms with Gasteiger partial charge >= 0.3 is 0 Å². The van der Waals surface area contributed by atoms with Crippen LogP contribution in [-0.2, 0) is 0 Å². The molecule has 0 aromatic heterocycles. The van der Waals surface area contributed by atoms with Gasteiger partial charge in [0.15, 0.2) is 5.78 Å². The Balaban J connectivity index is 2.39. The van der Waals surface area contributed by atoms with E-state index in [9.17, 15) is 13.6 Å². The van der Waals surface area contributed by atoms with Crippen LogP contribution in [0.5, 0.6) is 0 Å². The van der Waals surface area contributed by atoms with Gasteiger partial charge in [-0.05, 0) is 52.4 Å². The van der Waals surface area contributed by atoms with Crippen LogP contribution in [-0.4, -0.2) is 5.78 Å². The van der Waals surface area contributed by atoms with Gasteiger partial charge in [-0.15, -0.1) is 0 Å². The highest BCUT2D eigenvalue weighted by Gasteiger charge is 2.22. The monoisotopic (exact) mass is 383 g/mol. The van der Waals surface area contributed by atoms with Crippen molar-refractivity contribution in [3.63, 3.8) is 0 Å². The van der Waals surface area contributed by atoms with Crippen LogP contribution in [0.4, 0.5) is 8.78 Å². The van der Waals surface area contributed by atoms with Crippen LogP contribution >= 0.6 is 22.6 Å². The van der Waals surface area contributed by atoms with E-state index >= 15 is 0 Å². The van der Waals surface area contributed by atoms with Crippen molar-refractivity contribution in [1.82, 2.24) is 0 Å². The summed E-state index contributed by atoms with van der Waals surface area (Å²) in [6.45, 7) is 0. The summed E-state index contributed by atoms with van der Waals surface area (Å²) < 4.78 is 27.3. The number of nitrogens with zero attached hydrogens (tertiary/aromatic N) is 1. The minimum atomic E-state index is -1.22. The van der Waals surface area contributed by atoms with Gasteiger partial charge in [0.1, 0.15) is 17.6 Å². The Morgan fingerprint density at radius 3 is 2.15 bits per heavy atom. The summed E-state index contributed by atoms with van der Waals surface area (Å²) in [5, 5.41) is 9.13. The number of carbonyl (C=O) groups is 1. The summed E-state index contributed by atoms with van der Waals surface area (Å²) in [6, 6.07) is 11.1. The second-order valence-corrected chi connectivity index (χ2v) is 5.38. The second kappa shape index (κ2) is 6.09. The fourth-order valence-electron chi connectivity index (χ4n) is 1.81. The number of carbonyl (C=O) groups excluding carboxylic acids is 1. The molecule has 1 unspecified atom stereocenters. The molecule has 0 heterocycles. The molecule has 0 amide bonds. The molecule has 0 spiro atoms. The molecule has 2 aromatic carbocycles. The molecule has 2 aromatic rings. The van der Waals surface area contributed by atoms with Gasteiger partial charge in [-0.2, -0.15) is 5.26 Å². The molecule has 0 saturated heterocycles. The summed E-state index contributed by atoms with van der Waals surface area (Å²) in [7, 11) is 0.